The maximum atomic E-state index is 10.4. The molecule has 1 aromatic heterocycles. The zero-order valence-corrected chi connectivity index (χ0v) is 8.96. The van der Waals surface area contributed by atoms with Gasteiger partial charge in [0.1, 0.15) is 12.0 Å². The minimum absolute atomic E-state index is 0.00669. The number of nitrogens with zero attached hydrogens (tertiary/aromatic N) is 1. The number of carboxylic acid groups (broad SMARTS) is 1. The molecule has 0 spiro atoms. The zero-order chi connectivity index (χ0) is 12.3. The molecule has 5 heteroatoms. The van der Waals surface area contributed by atoms with Gasteiger partial charge in [-0.1, -0.05) is 12.1 Å². The van der Waals surface area contributed by atoms with Crippen LogP contribution in [0.15, 0.2) is 34.9 Å². The molecule has 0 radical (unpaired) electrons. The second kappa shape index (κ2) is 4.69. The summed E-state index contributed by atoms with van der Waals surface area (Å²) in [6.45, 7) is 0. The maximum absolute atomic E-state index is 10.4. The zero-order valence-electron chi connectivity index (χ0n) is 8.96. The number of hydrogen-bond donors (Lipinski definition) is 2. The Morgan fingerprint density at radius 3 is 2.82 bits per heavy atom. The van der Waals surface area contributed by atoms with Crippen molar-refractivity contribution in [1.29, 1.82) is 0 Å². The quantitative estimate of drug-likeness (QED) is 0.844. The average Bonchev–Trinajstić information content (AvgIpc) is 2.75. The van der Waals surface area contributed by atoms with Crippen LogP contribution in [0, 0.1) is 0 Å². The lowest BCUT2D eigenvalue weighted by molar-refractivity contribution is -0.136. The molecular formula is C12H11NO4. The molecule has 0 atom stereocenters. The highest BCUT2D eigenvalue weighted by Gasteiger charge is 2.10. The first-order valence-corrected chi connectivity index (χ1v) is 5.11. The number of aryl methyl sites for hydroxylation is 1. The van der Waals surface area contributed by atoms with Gasteiger partial charge in [0.25, 0.3) is 0 Å². The summed E-state index contributed by atoms with van der Waals surface area (Å²) in [5.74, 6) is -0.500. The van der Waals surface area contributed by atoms with E-state index < -0.39 is 5.97 Å². The van der Waals surface area contributed by atoms with Gasteiger partial charge in [0.15, 0.2) is 0 Å². The van der Waals surface area contributed by atoms with E-state index in [0.29, 0.717) is 23.6 Å². The first kappa shape index (κ1) is 11.2. The summed E-state index contributed by atoms with van der Waals surface area (Å²) in [7, 11) is 0. The van der Waals surface area contributed by atoms with Crippen LogP contribution in [0.1, 0.15) is 12.1 Å². The third kappa shape index (κ3) is 2.63. The highest BCUT2D eigenvalue weighted by atomic mass is 16.4. The van der Waals surface area contributed by atoms with Crippen molar-refractivity contribution in [3.63, 3.8) is 0 Å². The predicted octanol–water partition coefficient (Wildman–Crippen LogP) is 2.06. The summed E-state index contributed by atoms with van der Waals surface area (Å²) >= 11 is 0. The summed E-state index contributed by atoms with van der Waals surface area (Å²) in [5.41, 5.74) is 1.06. The number of rotatable bonds is 4. The summed E-state index contributed by atoms with van der Waals surface area (Å²) in [6, 6.07) is 6.68. The molecule has 2 rings (SSSR count). The fraction of sp³-hybridized carbons (Fsp3) is 0.167. The molecule has 0 amide bonds. The second-order valence-corrected chi connectivity index (χ2v) is 3.55. The van der Waals surface area contributed by atoms with E-state index in [4.69, 9.17) is 9.52 Å². The van der Waals surface area contributed by atoms with Crippen molar-refractivity contribution in [1.82, 2.24) is 4.98 Å². The average molecular weight is 233 g/mol. The van der Waals surface area contributed by atoms with Crippen LogP contribution in [-0.2, 0) is 11.2 Å². The minimum atomic E-state index is -0.878. The van der Waals surface area contributed by atoms with Crippen LogP contribution in [0.3, 0.4) is 0 Å². The highest BCUT2D eigenvalue weighted by molar-refractivity contribution is 5.67. The van der Waals surface area contributed by atoms with E-state index in [9.17, 15) is 9.90 Å². The van der Waals surface area contributed by atoms with Crippen LogP contribution in [0.4, 0.5) is 0 Å². The third-order valence-electron chi connectivity index (χ3n) is 2.28. The molecule has 0 saturated carbocycles. The standard InChI is InChI=1S/C12H11NO4/c14-10-4-2-1-3-9(10)12-13-8(7-17-12)5-6-11(15)16/h1-4,7,14H,5-6H2,(H,15,16). The number of carboxylic acids is 1. The van der Waals surface area contributed by atoms with Gasteiger partial charge in [-0.15, -0.1) is 0 Å². The van der Waals surface area contributed by atoms with Crippen molar-refractivity contribution in [3.05, 3.63) is 36.2 Å². The fourth-order valence-corrected chi connectivity index (χ4v) is 1.43. The number of carbonyl (C=O) groups is 1. The number of phenolic OH excluding ortho intramolecular Hbond substituents is 1. The summed E-state index contributed by atoms with van der Waals surface area (Å²) < 4.78 is 5.20. The Bertz CT molecular complexity index is 533. The number of aliphatic carboxylic acids is 1. The van der Waals surface area contributed by atoms with Crippen LogP contribution in [0.2, 0.25) is 0 Å². The molecule has 17 heavy (non-hydrogen) atoms. The van der Waals surface area contributed by atoms with E-state index in [-0.39, 0.29) is 12.2 Å². The van der Waals surface area contributed by atoms with Crippen LogP contribution in [0.25, 0.3) is 11.5 Å². The number of benzene rings is 1. The van der Waals surface area contributed by atoms with Crippen LogP contribution >= 0.6 is 0 Å². The summed E-state index contributed by atoms with van der Waals surface area (Å²) in [6.07, 6.45) is 1.73. The molecule has 5 nitrogen and oxygen atoms in total. The van der Waals surface area contributed by atoms with Gasteiger partial charge in [0, 0.05) is 6.42 Å². The van der Waals surface area contributed by atoms with Crippen molar-refractivity contribution >= 4 is 5.97 Å². The smallest absolute Gasteiger partial charge is 0.303 e. The van der Waals surface area contributed by atoms with Crippen LogP contribution in [0.5, 0.6) is 5.75 Å². The van der Waals surface area contributed by atoms with E-state index in [0.717, 1.165) is 0 Å². The van der Waals surface area contributed by atoms with Gasteiger partial charge in [-0.3, -0.25) is 4.79 Å². The first-order chi connectivity index (χ1) is 8.16. The van der Waals surface area contributed by atoms with E-state index in [1.807, 2.05) is 0 Å². The lowest BCUT2D eigenvalue weighted by Crippen LogP contribution is -1.97. The molecule has 0 bridgehead atoms. The highest BCUT2D eigenvalue weighted by Crippen LogP contribution is 2.27. The van der Waals surface area contributed by atoms with E-state index >= 15 is 0 Å². The first-order valence-electron chi connectivity index (χ1n) is 5.11. The molecule has 0 unspecified atom stereocenters. The van der Waals surface area contributed by atoms with E-state index in [2.05, 4.69) is 4.98 Å². The molecule has 0 aliphatic rings. The summed E-state index contributed by atoms with van der Waals surface area (Å²) in [4.78, 5) is 14.5. The molecule has 2 aromatic rings. The number of phenols is 1. The lowest BCUT2D eigenvalue weighted by Gasteiger charge is -1.97. The maximum Gasteiger partial charge on any atom is 0.303 e. The number of para-hydroxylation sites is 1. The molecule has 1 aromatic carbocycles. The second-order valence-electron chi connectivity index (χ2n) is 3.55. The lowest BCUT2D eigenvalue weighted by atomic mass is 10.2. The molecule has 0 aliphatic carbocycles. The Kier molecular flexibility index (Phi) is 3.09. The normalized spacial score (nSPS) is 10.4. The van der Waals surface area contributed by atoms with E-state index in [1.54, 1.807) is 18.2 Å². The number of hydrogen-bond acceptors (Lipinski definition) is 4. The monoisotopic (exact) mass is 233 g/mol. The molecule has 2 N–H and O–H groups in total. The van der Waals surface area contributed by atoms with Gasteiger partial charge in [-0.2, -0.15) is 0 Å². The molecular weight excluding hydrogens is 222 g/mol. The van der Waals surface area contributed by atoms with Crippen molar-refractivity contribution in [2.24, 2.45) is 0 Å². The molecule has 0 fully saturated rings. The molecule has 0 aliphatic heterocycles. The number of oxazole rings is 1. The van der Waals surface area contributed by atoms with Crippen molar-refractivity contribution in [2.75, 3.05) is 0 Å². The summed E-state index contributed by atoms with van der Waals surface area (Å²) in [5, 5.41) is 18.1. The fourth-order valence-electron chi connectivity index (χ4n) is 1.43. The van der Waals surface area contributed by atoms with Gasteiger partial charge >= 0.3 is 5.97 Å². The van der Waals surface area contributed by atoms with Crippen LogP contribution in [-0.4, -0.2) is 21.2 Å². The molecule has 1 heterocycles. The van der Waals surface area contributed by atoms with E-state index in [1.165, 1.54) is 12.3 Å². The largest absolute Gasteiger partial charge is 0.507 e. The van der Waals surface area contributed by atoms with Gasteiger partial charge in [0.2, 0.25) is 5.89 Å². The van der Waals surface area contributed by atoms with Crippen LogP contribution < -0.4 is 0 Å². The van der Waals surface area contributed by atoms with Crippen molar-refractivity contribution in [3.8, 4) is 17.2 Å². The van der Waals surface area contributed by atoms with Gasteiger partial charge < -0.3 is 14.6 Å². The van der Waals surface area contributed by atoms with Gasteiger partial charge in [-0.25, -0.2) is 4.98 Å². The Morgan fingerprint density at radius 1 is 1.35 bits per heavy atom. The topological polar surface area (TPSA) is 83.6 Å². The number of aromatic hydroxyl groups is 1. The molecule has 0 saturated heterocycles. The Labute approximate surface area is 97.3 Å². The van der Waals surface area contributed by atoms with Gasteiger partial charge in [-0.05, 0) is 12.1 Å². The predicted molar refractivity (Wildman–Crippen MR) is 59.6 cm³/mol. The molecule has 88 valence electrons. The number of aromatic nitrogens is 1. The van der Waals surface area contributed by atoms with Crippen molar-refractivity contribution < 1.29 is 19.4 Å². The Balaban J connectivity index is 2.18. The minimum Gasteiger partial charge on any atom is -0.507 e. The van der Waals surface area contributed by atoms with Gasteiger partial charge in [0.05, 0.1) is 17.7 Å². The Morgan fingerprint density at radius 2 is 2.12 bits per heavy atom. The third-order valence-corrected chi connectivity index (χ3v) is 2.28. The Hall–Kier alpha value is -2.30. The van der Waals surface area contributed by atoms with Crippen molar-refractivity contribution in [2.45, 2.75) is 12.8 Å². The SMILES string of the molecule is O=C(O)CCc1coc(-c2ccccc2O)n1.